The Morgan fingerprint density at radius 3 is 3.04 bits per heavy atom. The highest BCUT2D eigenvalue weighted by molar-refractivity contribution is 5.07. The van der Waals surface area contributed by atoms with Crippen LogP contribution in [0.15, 0.2) is 6.33 Å². The molecule has 2 aromatic rings. The molecule has 0 spiro atoms. The summed E-state index contributed by atoms with van der Waals surface area (Å²) >= 11 is 0. The second-order valence-electron chi connectivity index (χ2n) is 6.49. The maximum atomic E-state index is 5.50. The number of aryl methyl sites for hydroxylation is 1. The van der Waals surface area contributed by atoms with E-state index in [9.17, 15) is 0 Å². The highest BCUT2D eigenvalue weighted by Crippen LogP contribution is 2.27. The lowest BCUT2D eigenvalue weighted by atomic mass is 9.97. The number of aromatic nitrogens is 6. The summed E-state index contributed by atoms with van der Waals surface area (Å²) < 4.78 is 9.54. The normalized spacial score (nSPS) is 17.7. The van der Waals surface area contributed by atoms with Gasteiger partial charge in [0, 0.05) is 31.9 Å². The Balaban J connectivity index is 1.79. The van der Waals surface area contributed by atoms with Crippen molar-refractivity contribution >= 4 is 0 Å². The zero-order valence-corrected chi connectivity index (χ0v) is 14.3. The maximum Gasteiger partial charge on any atom is 0.151 e. The predicted molar refractivity (Wildman–Crippen MR) is 86.1 cm³/mol. The molecule has 3 rings (SSSR count). The molecule has 1 aliphatic heterocycles. The van der Waals surface area contributed by atoms with E-state index in [4.69, 9.17) is 14.8 Å². The third-order valence-corrected chi connectivity index (χ3v) is 4.17. The maximum absolute atomic E-state index is 5.50. The van der Waals surface area contributed by atoms with Crippen LogP contribution in [0.5, 0.6) is 0 Å². The van der Waals surface area contributed by atoms with Crippen molar-refractivity contribution < 1.29 is 4.74 Å². The average molecular weight is 318 g/mol. The molecule has 7 nitrogen and oxygen atoms in total. The largest absolute Gasteiger partial charge is 0.380 e. The summed E-state index contributed by atoms with van der Waals surface area (Å²) in [6.07, 6.45) is 4.47. The molecular formula is C16H26N6O. The van der Waals surface area contributed by atoms with Crippen molar-refractivity contribution in [3.8, 4) is 0 Å². The van der Waals surface area contributed by atoms with Crippen LogP contribution in [0.3, 0.4) is 0 Å². The first-order valence-corrected chi connectivity index (χ1v) is 8.55. The molecule has 1 unspecified atom stereocenters. The molecule has 0 radical (unpaired) electrons. The number of rotatable bonds is 7. The molecule has 2 aromatic heterocycles. The van der Waals surface area contributed by atoms with E-state index >= 15 is 0 Å². The van der Waals surface area contributed by atoms with Crippen LogP contribution in [-0.2, 0) is 30.7 Å². The minimum Gasteiger partial charge on any atom is -0.380 e. The minimum atomic E-state index is 0.363. The van der Waals surface area contributed by atoms with Crippen molar-refractivity contribution in [2.24, 2.45) is 5.92 Å². The second-order valence-corrected chi connectivity index (χ2v) is 6.49. The molecule has 3 heterocycles. The van der Waals surface area contributed by atoms with E-state index in [0.717, 1.165) is 56.4 Å². The number of ether oxygens (including phenoxy) is 1. The van der Waals surface area contributed by atoms with Crippen molar-refractivity contribution in [2.45, 2.75) is 59.0 Å². The predicted octanol–water partition coefficient (Wildman–Crippen LogP) is 1.83. The van der Waals surface area contributed by atoms with Gasteiger partial charge in [-0.1, -0.05) is 13.8 Å². The van der Waals surface area contributed by atoms with Gasteiger partial charge in [-0.3, -0.25) is 4.68 Å². The molecule has 0 saturated carbocycles. The van der Waals surface area contributed by atoms with Crippen LogP contribution >= 0.6 is 0 Å². The molecule has 1 atom stereocenters. The van der Waals surface area contributed by atoms with E-state index in [1.54, 1.807) is 6.33 Å². The Hall–Kier alpha value is -1.76. The quantitative estimate of drug-likeness (QED) is 0.728. The molecule has 1 aliphatic rings. The standard InChI is InChI=1S/C16H26N6O/c1-4-23-8-7-22-16(19-14(20-22)9-12(2)3)13-5-6-21-15(10-13)17-11-18-21/h11-13H,4-10H2,1-3H3. The molecule has 0 aromatic carbocycles. The first kappa shape index (κ1) is 16.1. The van der Waals surface area contributed by atoms with Crippen LogP contribution in [0.2, 0.25) is 0 Å². The zero-order valence-electron chi connectivity index (χ0n) is 14.3. The Bertz CT molecular complexity index is 632. The first-order valence-electron chi connectivity index (χ1n) is 8.55. The van der Waals surface area contributed by atoms with E-state index in [-0.39, 0.29) is 0 Å². The van der Waals surface area contributed by atoms with Gasteiger partial charge in [-0.05, 0) is 19.3 Å². The van der Waals surface area contributed by atoms with Gasteiger partial charge in [-0.25, -0.2) is 14.6 Å². The molecule has 0 saturated heterocycles. The molecule has 23 heavy (non-hydrogen) atoms. The monoisotopic (exact) mass is 318 g/mol. The highest BCUT2D eigenvalue weighted by Gasteiger charge is 2.26. The Labute approximate surface area is 137 Å². The van der Waals surface area contributed by atoms with E-state index in [2.05, 4.69) is 23.9 Å². The lowest BCUT2D eigenvalue weighted by molar-refractivity contribution is 0.134. The second kappa shape index (κ2) is 7.21. The van der Waals surface area contributed by atoms with E-state index in [1.165, 1.54) is 0 Å². The van der Waals surface area contributed by atoms with Gasteiger partial charge in [0.2, 0.25) is 0 Å². The van der Waals surface area contributed by atoms with Gasteiger partial charge in [0.25, 0.3) is 0 Å². The molecule has 126 valence electrons. The molecule has 0 fully saturated rings. The topological polar surface area (TPSA) is 70.7 Å². The SMILES string of the molecule is CCOCCn1nc(CC(C)C)nc1C1CCn2ncnc2C1. The van der Waals surface area contributed by atoms with Crippen molar-refractivity contribution in [3.05, 3.63) is 23.8 Å². The van der Waals surface area contributed by atoms with E-state index in [1.807, 2.05) is 16.3 Å². The van der Waals surface area contributed by atoms with E-state index in [0.29, 0.717) is 18.4 Å². The number of nitrogens with zero attached hydrogens (tertiary/aromatic N) is 6. The van der Waals surface area contributed by atoms with Crippen molar-refractivity contribution in [2.75, 3.05) is 13.2 Å². The Kier molecular flexibility index (Phi) is 5.05. The van der Waals surface area contributed by atoms with Crippen molar-refractivity contribution in [3.63, 3.8) is 0 Å². The molecule has 7 heteroatoms. The highest BCUT2D eigenvalue weighted by atomic mass is 16.5. The average Bonchev–Trinajstić information content (AvgIpc) is 3.12. The van der Waals surface area contributed by atoms with Crippen molar-refractivity contribution in [1.82, 2.24) is 29.5 Å². The lowest BCUT2D eigenvalue weighted by Gasteiger charge is -2.21. The minimum absolute atomic E-state index is 0.363. The van der Waals surface area contributed by atoms with Gasteiger partial charge in [-0.2, -0.15) is 10.2 Å². The van der Waals surface area contributed by atoms with Crippen LogP contribution in [0.4, 0.5) is 0 Å². The fourth-order valence-corrected chi connectivity index (χ4v) is 3.07. The van der Waals surface area contributed by atoms with Gasteiger partial charge < -0.3 is 4.74 Å². The first-order chi connectivity index (χ1) is 11.2. The molecule has 0 N–H and O–H groups in total. The van der Waals surface area contributed by atoms with Crippen LogP contribution in [-0.4, -0.2) is 42.7 Å². The Morgan fingerprint density at radius 2 is 2.26 bits per heavy atom. The van der Waals surface area contributed by atoms with Gasteiger partial charge in [0.1, 0.15) is 18.0 Å². The summed E-state index contributed by atoms with van der Waals surface area (Å²) in [7, 11) is 0. The molecule has 0 bridgehead atoms. The summed E-state index contributed by atoms with van der Waals surface area (Å²) in [4.78, 5) is 9.21. The van der Waals surface area contributed by atoms with Crippen molar-refractivity contribution in [1.29, 1.82) is 0 Å². The van der Waals surface area contributed by atoms with E-state index < -0.39 is 0 Å². The number of fused-ring (bicyclic) bond motifs is 1. The van der Waals surface area contributed by atoms with Crippen LogP contribution in [0, 0.1) is 5.92 Å². The fourth-order valence-electron chi connectivity index (χ4n) is 3.07. The smallest absolute Gasteiger partial charge is 0.151 e. The summed E-state index contributed by atoms with van der Waals surface area (Å²) in [5.41, 5.74) is 0. The molecule has 0 aliphatic carbocycles. The summed E-state index contributed by atoms with van der Waals surface area (Å²) in [6.45, 7) is 9.48. The summed E-state index contributed by atoms with van der Waals surface area (Å²) in [5.74, 6) is 3.99. The van der Waals surface area contributed by atoms with Gasteiger partial charge in [-0.15, -0.1) is 0 Å². The third-order valence-electron chi connectivity index (χ3n) is 4.17. The number of hydrogen-bond acceptors (Lipinski definition) is 5. The third kappa shape index (κ3) is 3.77. The summed E-state index contributed by atoms with van der Waals surface area (Å²) in [6, 6.07) is 0. The summed E-state index contributed by atoms with van der Waals surface area (Å²) in [5, 5.41) is 8.98. The molecular weight excluding hydrogens is 292 g/mol. The lowest BCUT2D eigenvalue weighted by Crippen LogP contribution is -2.23. The fraction of sp³-hybridized carbons (Fsp3) is 0.750. The van der Waals surface area contributed by atoms with Crippen LogP contribution in [0.25, 0.3) is 0 Å². The Morgan fingerprint density at radius 1 is 1.39 bits per heavy atom. The van der Waals surface area contributed by atoms with Crippen LogP contribution in [0.1, 0.15) is 50.6 Å². The van der Waals surface area contributed by atoms with Gasteiger partial charge in [0.05, 0.1) is 13.2 Å². The zero-order chi connectivity index (χ0) is 16.2. The van der Waals surface area contributed by atoms with Gasteiger partial charge >= 0.3 is 0 Å². The van der Waals surface area contributed by atoms with Crippen LogP contribution < -0.4 is 0 Å². The van der Waals surface area contributed by atoms with Gasteiger partial charge in [0.15, 0.2) is 5.82 Å². The number of hydrogen-bond donors (Lipinski definition) is 0. The molecule has 0 amide bonds.